The average Bonchev–Trinajstić information content (AvgIpc) is 2.58. The van der Waals surface area contributed by atoms with Crippen molar-refractivity contribution in [3.63, 3.8) is 0 Å². The number of methoxy groups -OCH3 is 1. The molecule has 0 aliphatic heterocycles. The van der Waals surface area contributed by atoms with Gasteiger partial charge in [-0.2, -0.15) is 0 Å². The summed E-state index contributed by atoms with van der Waals surface area (Å²) in [5.41, 5.74) is 5.97. The minimum Gasteiger partial charge on any atom is -0.385 e. The van der Waals surface area contributed by atoms with E-state index in [1.807, 2.05) is 0 Å². The molecule has 2 unspecified atom stereocenters. The van der Waals surface area contributed by atoms with Crippen LogP contribution in [0.3, 0.4) is 0 Å². The molecule has 3 nitrogen and oxygen atoms in total. The van der Waals surface area contributed by atoms with Crippen LogP contribution in [-0.4, -0.2) is 33.0 Å². The van der Waals surface area contributed by atoms with Crippen molar-refractivity contribution in [1.82, 2.24) is 0 Å². The molecule has 0 amide bonds. The Hall–Kier alpha value is -0.120. The fourth-order valence-electron chi connectivity index (χ4n) is 2.07. The standard InChI is InChI=1S/C11H23NO2/c1-13-7-3-8-14-9-6-10-4-2-5-11(10)12/h10-11H,2-9,12H2,1H3. The van der Waals surface area contributed by atoms with E-state index >= 15 is 0 Å². The fourth-order valence-corrected chi connectivity index (χ4v) is 2.07. The quantitative estimate of drug-likeness (QED) is 0.636. The second-order valence-corrected chi connectivity index (χ2v) is 4.10. The van der Waals surface area contributed by atoms with Crippen LogP contribution in [0.1, 0.15) is 32.1 Å². The van der Waals surface area contributed by atoms with Crippen LogP contribution in [-0.2, 0) is 9.47 Å². The smallest absolute Gasteiger partial charge is 0.0487 e. The Kier molecular flexibility index (Phi) is 6.15. The van der Waals surface area contributed by atoms with Gasteiger partial charge in [-0.15, -0.1) is 0 Å². The number of ether oxygens (including phenoxy) is 2. The normalized spacial score (nSPS) is 27.0. The maximum absolute atomic E-state index is 5.97. The summed E-state index contributed by atoms with van der Waals surface area (Å²) in [6.07, 6.45) is 5.92. The Labute approximate surface area is 86.9 Å². The van der Waals surface area contributed by atoms with Crippen LogP contribution in [0.15, 0.2) is 0 Å². The molecule has 0 aromatic rings. The van der Waals surface area contributed by atoms with Crippen molar-refractivity contribution < 1.29 is 9.47 Å². The Bertz CT molecular complexity index is 141. The first-order valence-electron chi connectivity index (χ1n) is 5.67. The molecule has 1 rings (SSSR count). The summed E-state index contributed by atoms with van der Waals surface area (Å²) < 4.78 is 10.4. The average molecular weight is 201 g/mol. The van der Waals surface area contributed by atoms with Crippen molar-refractivity contribution in [2.24, 2.45) is 11.7 Å². The van der Waals surface area contributed by atoms with E-state index in [0.717, 1.165) is 32.7 Å². The third kappa shape index (κ3) is 4.40. The molecule has 2 atom stereocenters. The summed E-state index contributed by atoms with van der Waals surface area (Å²) >= 11 is 0. The highest BCUT2D eigenvalue weighted by Gasteiger charge is 2.22. The van der Waals surface area contributed by atoms with Gasteiger partial charge in [-0.05, 0) is 31.6 Å². The molecular formula is C11H23NO2. The molecule has 0 spiro atoms. The van der Waals surface area contributed by atoms with E-state index in [2.05, 4.69) is 0 Å². The van der Waals surface area contributed by atoms with Crippen LogP contribution in [0.4, 0.5) is 0 Å². The first-order chi connectivity index (χ1) is 6.84. The molecule has 0 radical (unpaired) electrons. The molecule has 2 N–H and O–H groups in total. The van der Waals surface area contributed by atoms with Gasteiger partial charge in [-0.25, -0.2) is 0 Å². The van der Waals surface area contributed by atoms with Gasteiger partial charge in [0.15, 0.2) is 0 Å². The van der Waals surface area contributed by atoms with Gasteiger partial charge in [0, 0.05) is 33.0 Å². The maximum Gasteiger partial charge on any atom is 0.0487 e. The van der Waals surface area contributed by atoms with Crippen LogP contribution < -0.4 is 5.73 Å². The zero-order chi connectivity index (χ0) is 10.2. The largest absolute Gasteiger partial charge is 0.385 e. The van der Waals surface area contributed by atoms with Crippen LogP contribution >= 0.6 is 0 Å². The molecule has 0 heterocycles. The first kappa shape index (κ1) is 12.0. The zero-order valence-electron chi connectivity index (χ0n) is 9.21. The van der Waals surface area contributed by atoms with E-state index in [9.17, 15) is 0 Å². The third-order valence-corrected chi connectivity index (χ3v) is 2.99. The molecule has 1 saturated carbocycles. The van der Waals surface area contributed by atoms with Gasteiger partial charge in [-0.1, -0.05) is 6.42 Å². The lowest BCUT2D eigenvalue weighted by Crippen LogP contribution is -2.25. The van der Waals surface area contributed by atoms with E-state index in [1.165, 1.54) is 19.3 Å². The predicted octanol–water partition coefficient (Wildman–Crippen LogP) is 1.56. The Balaban J connectivity index is 1.88. The summed E-state index contributed by atoms with van der Waals surface area (Å²) in [7, 11) is 1.72. The van der Waals surface area contributed by atoms with Gasteiger partial charge in [0.1, 0.15) is 0 Å². The summed E-state index contributed by atoms with van der Waals surface area (Å²) in [4.78, 5) is 0. The third-order valence-electron chi connectivity index (χ3n) is 2.99. The van der Waals surface area contributed by atoms with Crippen LogP contribution in [0, 0.1) is 5.92 Å². The SMILES string of the molecule is COCCCOCCC1CCCC1N. The van der Waals surface area contributed by atoms with Crippen molar-refractivity contribution in [2.45, 2.75) is 38.1 Å². The number of rotatable bonds is 7. The molecule has 1 fully saturated rings. The minimum absolute atomic E-state index is 0.428. The van der Waals surface area contributed by atoms with Crippen molar-refractivity contribution in [3.8, 4) is 0 Å². The lowest BCUT2D eigenvalue weighted by atomic mass is 10.0. The Morgan fingerprint density at radius 3 is 2.71 bits per heavy atom. The lowest BCUT2D eigenvalue weighted by molar-refractivity contribution is 0.0929. The molecule has 0 aromatic heterocycles. The monoisotopic (exact) mass is 201 g/mol. The molecule has 1 aliphatic carbocycles. The van der Waals surface area contributed by atoms with Gasteiger partial charge in [0.2, 0.25) is 0 Å². The number of nitrogens with two attached hydrogens (primary N) is 1. The number of hydrogen-bond acceptors (Lipinski definition) is 3. The van der Waals surface area contributed by atoms with Gasteiger partial charge >= 0.3 is 0 Å². The second-order valence-electron chi connectivity index (χ2n) is 4.10. The highest BCUT2D eigenvalue weighted by molar-refractivity contribution is 4.79. The molecule has 84 valence electrons. The summed E-state index contributed by atoms with van der Waals surface area (Å²) in [5.74, 6) is 0.706. The van der Waals surface area contributed by atoms with Gasteiger partial charge in [0.05, 0.1) is 0 Å². The van der Waals surface area contributed by atoms with E-state index in [1.54, 1.807) is 7.11 Å². The predicted molar refractivity (Wildman–Crippen MR) is 57.2 cm³/mol. The molecule has 14 heavy (non-hydrogen) atoms. The molecule has 1 aliphatic rings. The summed E-state index contributed by atoms with van der Waals surface area (Å²) in [6, 6.07) is 0.428. The highest BCUT2D eigenvalue weighted by atomic mass is 16.5. The van der Waals surface area contributed by atoms with Gasteiger partial charge < -0.3 is 15.2 Å². The van der Waals surface area contributed by atoms with Crippen LogP contribution in [0.2, 0.25) is 0 Å². The molecule has 0 saturated heterocycles. The van der Waals surface area contributed by atoms with Crippen LogP contribution in [0.5, 0.6) is 0 Å². The molecular weight excluding hydrogens is 178 g/mol. The highest BCUT2D eigenvalue weighted by Crippen LogP contribution is 2.26. The lowest BCUT2D eigenvalue weighted by Gasteiger charge is -2.14. The molecule has 3 heteroatoms. The fraction of sp³-hybridized carbons (Fsp3) is 1.00. The Morgan fingerprint density at radius 2 is 2.07 bits per heavy atom. The van der Waals surface area contributed by atoms with Crippen molar-refractivity contribution in [2.75, 3.05) is 26.9 Å². The van der Waals surface area contributed by atoms with Crippen molar-refractivity contribution >= 4 is 0 Å². The molecule has 0 bridgehead atoms. The van der Waals surface area contributed by atoms with E-state index in [0.29, 0.717) is 12.0 Å². The van der Waals surface area contributed by atoms with Gasteiger partial charge in [-0.3, -0.25) is 0 Å². The van der Waals surface area contributed by atoms with Gasteiger partial charge in [0.25, 0.3) is 0 Å². The summed E-state index contributed by atoms with van der Waals surface area (Å²) in [6.45, 7) is 2.47. The topological polar surface area (TPSA) is 44.5 Å². The first-order valence-corrected chi connectivity index (χ1v) is 5.67. The van der Waals surface area contributed by atoms with E-state index < -0.39 is 0 Å². The summed E-state index contributed by atoms with van der Waals surface area (Å²) in [5, 5.41) is 0. The Morgan fingerprint density at radius 1 is 1.21 bits per heavy atom. The van der Waals surface area contributed by atoms with Crippen molar-refractivity contribution in [3.05, 3.63) is 0 Å². The minimum atomic E-state index is 0.428. The molecule has 0 aromatic carbocycles. The zero-order valence-corrected chi connectivity index (χ0v) is 9.21. The maximum atomic E-state index is 5.97. The van der Waals surface area contributed by atoms with Crippen molar-refractivity contribution in [1.29, 1.82) is 0 Å². The van der Waals surface area contributed by atoms with Crippen LogP contribution in [0.25, 0.3) is 0 Å². The van der Waals surface area contributed by atoms with E-state index in [-0.39, 0.29) is 0 Å². The van der Waals surface area contributed by atoms with E-state index in [4.69, 9.17) is 15.2 Å². The number of hydrogen-bond donors (Lipinski definition) is 1. The second kappa shape index (κ2) is 7.21.